The lowest BCUT2D eigenvalue weighted by molar-refractivity contribution is 0.157. The van der Waals surface area contributed by atoms with Crippen LogP contribution in [0, 0.1) is 13.6 Å². The number of pyridine rings is 1. The standard InChI is InChI=1S/C37H35N4O/c1-25-13-16-34-35(18-25)40(5)23-41(34,24-40)27-19-26(37(2,3)4)20-29(21-27)42-28-14-15-31-30-10-6-7-11-32(30)39(33(31)22-28)36-12-8-9-17-38-36/h6-23H,24H2,1-5H3/q+1/t40-,41+/m0/s1. The number of quaternary nitrogens is 2. The first-order valence-corrected chi connectivity index (χ1v) is 14.7. The summed E-state index contributed by atoms with van der Waals surface area (Å²) in [5.41, 5.74) is 8.76. The van der Waals surface area contributed by atoms with Crippen molar-refractivity contribution in [2.45, 2.75) is 33.1 Å². The third-order valence-corrected chi connectivity index (χ3v) is 9.06. The van der Waals surface area contributed by atoms with Gasteiger partial charge in [0.25, 0.3) is 0 Å². The van der Waals surface area contributed by atoms with Crippen molar-refractivity contribution in [1.29, 1.82) is 0 Å². The molecule has 0 N–H and O–H groups in total. The SMILES string of the molecule is Cc1ccc2c(c1)[N@@+]1(C)[CH-][N@+]2(c2cc(Oc3ccc4c5ccccc5n(-c5ccccn5)c4c3)cc(C(C)(C)C)c2)C1. The number of hydrogen-bond acceptors (Lipinski definition) is 2. The van der Waals surface area contributed by atoms with Gasteiger partial charge in [-0.3, -0.25) is 9.05 Å². The number of benzene rings is 4. The van der Waals surface area contributed by atoms with Crippen molar-refractivity contribution in [2.75, 3.05) is 13.7 Å². The van der Waals surface area contributed by atoms with Gasteiger partial charge in [-0.1, -0.05) is 51.1 Å². The van der Waals surface area contributed by atoms with Gasteiger partial charge in [0.05, 0.1) is 24.7 Å². The van der Waals surface area contributed by atoms with Crippen molar-refractivity contribution in [2.24, 2.45) is 0 Å². The molecule has 0 radical (unpaired) electrons. The lowest BCUT2D eigenvalue weighted by atomic mass is 9.86. The molecule has 3 aliphatic heterocycles. The molecule has 2 atom stereocenters. The first-order valence-electron chi connectivity index (χ1n) is 14.7. The Kier molecular flexibility index (Phi) is 5.14. The van der Waals surface area contributed by atoms with E-state index in [2.05, 4.69) is 136 Å². The molecule has 0 saturated carbocycles. The van der Waals surface area contributed by atoms with Gasteiger partial charge in [0.15, 0.2) is 18.0 Å². The summed E-state index contributed by atoms with van der Waals surface area (Å²) in [7, 11) is 2.31. The van der Waals surface area contributed by atoms with Crippen LogP contribution >= 0.6 is 0 Å². The molecule has 0 unspecified atom stereocenters. The second-order valence-electron chi connectivity index (χ2n) is 13.2. The molecular weight excluding hydrogens is 516 g/mol. The molecule has 42 heavy (non-hydrogen) atoms. The molecule has 9 rings (SSSR count). The predicted molar refractivity (Wildman–Crippen MR) is 173 cm³/mol. The van der Waals surface area contributed by atoms with Gasteiger partial charge >= 0.3 is 0 Å². The number of fused-ring (bicyclic) bond motifs is 3. The summed E-state index contributed by atoms with van der Waals surface area (Å²) in [5.74, 6) is 2.57. The number of nitrogens with zero attached hydrogens (tertiary/aromatic N) is 4. The highest BCUT2D eigenvalue weighted by atomic mass is 16.5. The first-order chi connectivity index (χ1) is 20.1. The molecule has 5 heteroatoms. The van der Waals surface area contributed by atoms with E-state index < -0.39 is 0 Å². The third kappa shape index (κ3) is 3.60. The van der Waals surface area contributed by atoms with Gasteiger partial charge in [0.1, 0.15) is 23.0 Å². The molecule has 2 bridgehead atoms. The van der Waals surface area contributed by atoms with Gasteiger partial charge in [0, 0.05) is 47.3 Å². The lowest BCUT2D eigenvalue weighted by Gasteiger charge is -2.55. The highest BCUT2D eigenvalue weighted by Crippen LogP contribution is 2.61. The van der Waals surface area contributed by atoms with Crippen molar-refractivity contribution < 1.29 is 4.74 Å². The van der Waals surface area contributed by atoms with E-state index in [1.54, 1.807) is 0 Å². The number of hydrogen-bond donors (Lipinski definition) is 0. The minimum Gasteiger partial charge on any atom is -0.457 e. The lowest BCUT2D eigenvalue weighted by Crippen LogP contribution is -2.68. The molecule has 1 fully saturated rings. The largest absolute Gasteiger partial charge is 0.457 e. The normalized spacial score (nSPS) is 21.0. The molecule has 0 spiro atoms. The van der Waals surface area contributed by atoms with Crippen LogP contribution in [0.3, 0.4) is 0 Å². The fourth-order valence-corrected chi connectivity index (χ4v) is 7.01. The molecule has 5 nitrogen and oxygen atoms in total. The van der Waals surface area contributed by atoms with Crippen LogP contribution in [-0.4, -0.2) is 23.3 Å². The van der Waals surface area contributed by atoms with Crippen molar-refractivity contribution in [3.05, 3.63) is 121 Å². The Morgan fingerprint density at radius 3 is 2.36 bits per heavy atom. The maximum Gasteiger partial charge on any atom is 0.181 e. The molecule has 0 aliphatic carbocycles. The van der Waals surface area contributed by atoms with Crippen LogP contribution in [0.4, 0.5) is 17.1 Å². The van der Waals surface area contributed by atoms with Gasteiger partial charge in [-0.05, 0) is 59.9 Å². The Morgan fingerprint density at radius 2 is 1.57 bits per heavy atom. The molecule has 6 aromatic rings. The zero-order chi connectivity index (χ0) is 28.9. The summed E-state index contributed by atoms with van der Waals surface area (Å²) in [4.78, 5) is 4.69. The van der Waals surface area contributed by atoms with Gasteiger partial charge in [-0.25, -0.2) is 4.98 Å². The van der Waals surface area contributed by atoms with E-state index in [1.807, 2.05) is 18.3 Å². The van der Waals surface area contributed by atoms with Crippen LogP contribution in [-0.2, 0) is 5.41 Å². The molecule has 2 aromatic heterocycles. The molecule has 1 saturated heterocycles. The average Bonchev–Trinajstić information content (AvgIpc) is 3.51. The Morgan fingerprint density at radius 1 is 0.786 bits per heavy atom. The van der Waals surface area contributed by atoms with Crippen LogP contribution < -0.4 is 13.7 Å². The highest BCUT2D eigenvalue weighted by Gasteiger charge is 2.59. The number of rotatable bonds is 4. The van der Waals surface area contributed by atoms with Crippen molar-refractivity contribution in [3.63, 3.8) is 0 Å². The number of para-hydroxylation sites is 1. The van der Waals surface area contributed by atoms with E-state index in [9.17, 15) is 0 Å². The number of aryl methyl sites for hydroxylation is 1. The van der Waals surface area contributed by atoms with Gasteiger partial charge in [-0.2, -0.15) is 0 Å². The third-order valence-electron chi connectivity index (χ3n) is 9.06. The van der Waals surface area contributed by atoms with E-state index in [1.165, 1.54) is 39.0 Å². The highest BCUT2D eigenvalue weighted by molar-refractivity contribution is 6.09. The molecule has 5 heterocycles. The van der Waals surface area contributed by atoms with E-state index >= 15 is 0 Å². The van der Waals surface area contributed by atoms with Gasteiger partial charge in [0.2, 0.25) is 0 Å². The summed E-state index contributed by atoms with van der Waals surface area (Å²) in [6.07, 6.45) is 1.84. The zero-order valence-electron chi connectivity index (χ0n) is 24.8. The van der Waals surface area contributed by atoms with E-state index in [0.717, 1.165) is 44.0 Å². The van der Waals surface area contributed by atoms with Gasteiger partial charge in [-0.15, -0.1) is 0 Å². The smallest absolute Gasteiger partial charge is 0.181 e. The summed E-state index contributed by atoms with van der Waals surface area (Å²) >= 11 is 0. The van der Waals surface area contributed by atoms with E-state index in [0.29, 0.717) is 0 Å². The monoisotopic (exact) mass is 551 g/mol. The molecular formula is C37H35N4O+. The fraction of sp³-hybridized carbons (Fsp3) is 0.189. The molecule has 4 aromatic carbocycles. The predicted octanol–water partition coefficient (Wildman–Crippen LogP) is 9.26. The number of aromatic nitrogens is 2. The van der Waals surface area contributed by atoms with Crippen LogP contribution in [0.25, 0.3) is 27.6 Å². The van der Waals surface area contributed by atoms with Crippen LogP contribution in [0.5, 0.6) is 11.5 Å². The topological polar surface area (TPSA) is 27.1 Å². The van der Waals surface area contributed by atoms with E-state index in [-0.39, 0.29) is 5.41 Å². The van der Waals surface area contributed by atoms with Crippen LogP contribution in [0.1, 0.15) is 31.9 Å². The van der Waals surface area contributed by atoms with Crippen LogP contribution in [0.15, 0.2) is 103 Å². The maximum absolute atomic E-state index is 6.74. The Labute approximate surface area is 247 Å². The summed E-state index contributed by atoms with van der Waals surface area (Å²) < 4.78 is 10.6. The van der Waals surface area contributed by atoms with Crippen molar-refractivity contribution in [3.8, 4) is 17.3 Å². The Hall–Kier alpha value is -4.45. The zero-order valence-corrected chi connectivity index (χ0v) is 24.8. The number of ether oxygens (including phenoxy) is 1. The quantitative estimate of drug-likeness (QED) is 0.161. The molecule has 3 aliphatic rings. The molecule has 208 valence electrons. The Bertz CT molecular complexity index is 2030. The average molecular weight is 552 g/mol. The van der Waals surface area contributed by atoms with Crippen LogP contribution in [0.2, 0.25) is 0 Å². The van der Waals surface area contributed by atoms with Gasteiger partial charge < -0.3 is 9.22 Å². The second-order valence-corrected chi connectivity index (χ2v) is 13.2. The Balaban J connectivity index is 1.26. The first kappa shape index (κ1) is 25.3. The van der Waals surface area contributed by atoms with Crippen molar-refractivity contribution in [1.82, 2.24) is 18.5 Å². The summed E-state index contributed by atoms with van der Waals surface area (Å²) in [6.45, 7) is 12.4. The second kappa shape index (κ2) is 8.54. The minimum atomic E-state index is -0.0271. The maximum atomic E-state index is 6.74. The fourth-order valence-electron chi connectivity index (χ4n) is 7.01. The minimum absolute atomic E-state index is 0.0271. The summed E-state index contributed by atoms with van der Waals surface area (Å²) in [5, 5.41) is 2.39. The van der Waals surface area contributed by atoms with Crippen molar-refractivity contribution >= 4 is 38.9 Å². The molecule has 0 amide bonds. The van der Waals surface area contributed by atoms with E-state index in [4.69, 9.17) is 4.74 Å². The summed E-state index contributed by atoms with van der Waals surface area (Å²) in [6, 6.07) is 34.7.